The van der Waals surface area contributed by atoms with Crippen LogP contribution in [0, 0.1) is 5.92 Å². The molecule has 0 aromatic heterocycles. The van der Waals surface area contributed by atoms with Crippen LogP contribution in [0.4, 0.5) is 0 Å². The van der Waals surface area contributed by atoms with Crippen LogP contribution in [0.1, 0.15) is 43.4 Å². The van der Waals surface area contributed by atoms with Crippen LogP contribution in [0.5, 0.6) is 11.5 Å². The average Bonchev–Trinajstić information content (AvgIpc) is 2.82. The van der Waals surface area contributed by atoms with Crippen LogP contribution in [-0.4, -0.2) is 24.1 Å². The molecule has 2 heterocycles. The summed E-state index contributed by atoms with van der Waals surface area (Å²) in [4.78, 5) is 14.6. The molecule has 3 aliphatic rings. The van der Waals surface area contributed by atoms with Crippen molar-refractivity contribution in [3.05, 3.63) is 23.3 Å². The lowest BCUT2D eigenvalue weighted by Gasteiger charge is -2.39. The summed E-state index contributed by atoms with van der Waals surface area (Å²) in [5.41, 5.74) is 2.51. The van der Waals surface area contributed by atoms with Gasteiger partial charge in [0.15, 0.2) is 11.5 Å². The number of carbonyl (C=O) groups excluding carboxylic acids is 1. The van der Waals surface area contributed by atoms with Gasteiger partial charge < -0.3 is 14.4 Å². The van der Waals surface area contributed by atoms with Crippen LogP contribution in [0.15, 0.2) is 12.1 Å². The number of ether oxygens (including phenoxy) is 2. The second-order valence-electron chi connectivity index (χ2n) is 5.99. The van der Waals surface area contributed by atoms with E-state index in [1.54, 1.807) is 0 Å². The molecule has 1 atom stereocenters. The third-order valence-corrected chi connectivity index (χ3v) is 4.91. The van der Waals surface area contributed by atoms with Gasteiger partial charge in [-0.25, -0.2) is 0 Å². The molecule has 4 rings (SSSR count). The van der Waals surface area contributed by atoms with E-state index >= 15 is 0 Å². The molecule has 0 N–H and O–H groups in total. The number of fused-ring (bicyclic) bond motifs is 2. The van der Waals surface area contributed by atoms with Crippen molar-refractivity contribution >= 4 is 5.91 Å². The van der Waals surface area contributed by atoms with E-state index in [-0.39, 0.29) is 12.0 Å². The molecule has 4 nitrogen and oxygen atoms in total. The van der Waals surface area contributed by atoms with Crippen molar-refractivity contribution in [2.45, 2.75) is 38.6 Å². The van der Waals surface area contributed by atoms with Crippen molar-refractivity contribution in [2.75, 3.05) is 13.3 Å². The van der Waals surface area contributed by atoms with Gasteiger partial charge in [0.2, 0.25) is 12.7 Å². The molecule has 0 spiro atoms. The van der Waals surface area contributed by atoms with Crippen LogP contribution >= 0.6 is 0 Å². The molecule has 1 aromatic rings. The Balaban J connectivity index is 1.64. The molecule has 20 heavy (non-hydrogen) atoms. The molecule has 1 amide bonds. The van der Waals surface area contributed by atoms with Crippen molar-refractivity contribution in [3.8, 4) is 11.5 Å². The van der Waals surface area contributed by atoms with Gasteiger partial charge in [0, 0.05) is 12.5 Å². The Morgan fingerprint density at radius 2 is 2.00 bits per heavy atom. The lowest BCUT2D eigenvalue weighted by Crippen LogP contribution is -2.43. The quantitative estimate of drug-likeness (QED) is 0.789. The molecule has 0 bridgehead atoms. The Kier molecular flexibility index (Phi) is 2.65. The molecule has 1 aliphatic carbocycles. The monoisotopic (exact) mass is 273 g/mol. The van der Waals surface area contributed by atoms with Gasteiger partial charge in [-0.2, -0.15) is 0 Å². The number of benzene rings is 1. The van der Waals surface area contributed by atoms with E-state index in [0.717, 1.165) is 37.3 Å². The first kappa shape index (κ1) is 12.1. The second kappa shape index (κ2) is 4.40. The van der Waals surface area contributed by atoms with Gasteiger partial charge in [0.1, 0.15) is 0 Å². The Labute approximate surface area is 118 Å². The fourth-order valence-corrected chi connectivity index (χ4v) is 3.40. The topological polar surface area (TPSA) is 38.8 Å². The lowest BCUT2D eigenvalue weighted by molar-refractivity contribution is -0.140. The Morgan fingerprint density at radius 3 is 2.70 bits per heavy atom. The third-order valence-electron chi connectivity index (χ3n) is 4.91. The third kappa shape index (κ3) is 1.70. The normalized spacial score (nSPS) is 24.2. The predicted octanol–water partition coefficient (Wildman–Crippen LogP) is 2.66. The molecule has 0 saturated heterocycles. The molecule has 1 aromatic carbocycles. The predicted molar refractivity (Wildman–Crippen MR) is 73.7 cm³/mol. The van der Waals surface area contributed by atoms with Gasteiger partial charge in [0.25, 0.3) is 0 Å². The summed E-state index contributed by atoms with van der Waals surface area (Å²) in [7, 11) is 0. The maximum absolute atomic E-state index is 12.5. The van der Waals surface area contributed by atoms with Gasteiger partial charge in [-0.3, -0.25) is 4.79 Å². The number of carbonyl (C=O) groups is 1. The summed E-state index contributed by atoms with van der Waals surface area (Å²) in [6.07, 6.45) is 4.24. The molecule has 2 aliphatic heterocycles. The zero-order chi connectivity index (χ0) is 13.7. The molecule has 4 heteroatoms. The van der Waals surface area contributed by atoms with Gasteiger partial charge >= 0.3 is 0 Å². The molecule has 106 valence electrons. The zero-order valence-electron chi connectivity index (χ0n) is 11.7. The minimum atomic E-state index is 0.140. The molecule has 1 fully saturated rings. The molecule has 0 radical (unpaired) electrons. The zero-order valence-corrected chi connectivity index (χ0v) is 11.7. The number of rotatable bonds is 1. The van der Waals surface area contributed by atoms with Gasteiger partial charge in [-0.15, -0.1) is 0 Å². The van der Waals surface area contributed by atoms with E-state index < -0.39 is 0 Å². The summed E-state index contributed by atoms with van der Waals surface area (Å²) in [6.45, 7) is 3.25. The molecule has 1 unspecified atom stereocenters. The first-order valence-corrected chi connectivity index (χ1v) is 7.47. The SMILES string of the molecule is CC1c2cc3c(cc2CCN1C(=O)C1CCC1)OCO3. The number of hydrogen-bond acceptors (Lipinski definition) is 3. The summed E-state index contributed by atoms with van der Waals surface area (Å²) in [5, 5.41) is 0. The second-order valence-corrected chi connectivity index (χ2v) is 5.99. The molecular weight excluding hydrogens is 254 g/mol. The van der Waals surface area contributed by atoms with E-state index in [4.69, 9.17) is 9.47 Å². The number of nitrogens with zero attached hydrogens (tertiary/aromatic N) is 1. The highest BCUT2D eigenvalue weighted by molar-refractivity contribution is 5.80. The van der Waals surface area contributed by atoms with Crippen molar-refractivity contribution in [3.63, 3.8) is 0 Å². The Hall–Kier alpha value is -1.71. The number of hydrogen-bond donors (Lipinski definition) is 0. The first-order chi connectivity index (χ1) is 9.74. The minimum Gasteiger partial charge on any atom is -0.454 e. The van der Waals surface area contributed by atoms with Gasteiger partial charge in [-0.05, 0) is 49.4 Å². The maximum Gasteiger partial charge on any atom is 0.231 e. The van der Waals surface area contributed by atoms with E-state index in [2.05, 4.69) is 19.1 Å². The van der Waals surface area contributed by atoms with E-state index in [9.17, 15) is 4.79 Å². The maximum atomic E-state index is 12.5. The van der Waals surface area contributed by atoms with Crippen molar-refractivity contribution < 1.29 is 14.3 Å². The van der Waals surface area contributed by atoms with Crippen LogP contribution in [-0.2, 0) is 11.2 Å². The smallest absolute Gasteiger partial charge is 0.231 e. The first-order valence-electron chi connectivity index (χ1n) is 7.47. The van der Waals surface area contributed by atoms with E-state index in [1.165, 1.54) is 17.5 Å². The summed E-state index contributed by atoms with van der Waals surface area (Å²) < 4.78 is 10.9. The fourth-order valence-electron chi connectivity index (χ4n) is 3.40. The Morgan fingerprint density at radius 1 is 1.25 bits per heavy atom. The van der Waals surface area contributed by atoms with E-state index in [0.29, 0.717) is 12.7 Å². The Bertz CT molecular complexity index is 565. The highest BCUT2D eigenvalue weighted by Gasteiger charge is 2.35. The molecular formula is C16H19NO3. The van der Waals surface area contributed by atoms with Crippen molar-refractivity contribution in [1.29, 1.82) is 0 Å². The summed E-state index contributed by atoms with van der Waals surface area (Å²) in [5.74, 6) is 2.27. The summed E-state index contributed by atoms with van der Waals surface area (Å²) >= 11 is 0. The summed E-state index contributed by atoms with van der Waals surface area (Å²) in [6, 6.07) is 4.28. The molecule has 1 saturated carbocycles. The van der Waals surface area contributed by atoms with Crippen molar-refractivity contribution in [2.24, 2.45) is 5.92 Å². The largest absolute Gasteiger partial charge is 0.454 e. The minimum absolute atomic E-state index is 0.140. The lowest BCUT2D eigenvalue weighted by atomic mass is 9.83. The van der Waals surface area contributed by atoms with Crippen LogP contribution < -0.4 is 9.47 Å². The van der Waals surface area contributed by atoms with Crippen molar-refractivity contribution in [1.82, 2.24) is 4.90 Å². The van der Waals surface area contributed by atoms with Gasteiger partial charge in [0.05, 0.1) is 6.04 Å². The van der Waals surface area contributed by atoms with Gasteiger partial charge in [-0.1, -0.05) is 6.42 Å². The van der Waals surface area contributed by atoms with Crippen LogP contribution in [0.2, 0.25) is 0 Å². The van der Waals surface area contributed by atoms with Crippen LogP contribution in [0.3, 0.4) is 0 Å². The van der Waals surface area contributed by atoms with Crippen LogP contribution in [0.25, 0.3) is 0 Å². The fraction of sp³-hybridized carbons (Fsp3) is 0.562. The van der Waals surface area contributed by atoms with E-state index in [1.807, 2.05) is 4.90 Å². The highest BCUT2D eigenvalue weighted by atomic mass is 16.7. The number of amides is 1. The standard InChI is InChI=1S/C16H19NO3/c1-10-13-8-15-14(19-9-20-15)7-12(13)5-6-17(10)16(18)11-3-2-4-11/h7-8,10-11H,2-6,9H2,1H3. The average molecular weight is 273 g/mol. The highest BCUT2D eigenvalue weighted by Crippen LogP contribution is 2.41.